The molecule has 2 amide bonds. The van der Waals surface area contributed by atoms with Crippen molar-refractivity contribution in [2.24, 2.45) is 0 Å². The van der Waals surface area contributed by atoms with Gasteiger partial charge in [0.2, 0.25) is 11.5 Å². The van der Waals surface area contributed by atoms with E-state index in [4.69, 9.17) is 4.74 Å². The van der Waals surface area contributed by atoms with Gasteiger partial charge in [-0.05, 0) is 25.3 Å². The summed E-state index contributed by atoms with van der Waals surface area (Å²) in [6.45, 7) is 1.99. The molecule has 3 fully saturated rings. The lowest BCUT2D eigenvalue weighted by Gasteiger charge is -2.35. The number of benzene rings is 1. The molecule has 3 aliphatic heterocycles. The van der Waals surface area contributed by atoms with Crippen LogP contribution < -0.4 is 5.56 Å². The highest BCUT2D eigenvalue weighted by atomic mass is 16.5. The molecule has 1 N–H and O–H groups in total. The molecule has 4 heterocycles. The third kappa shape index (κ3) is 2.73. The number of rotatable bonds is 2. The number of hydrogen-bond acceptors (Lipinski definition) is 4. The monoisotopic (exact) mass is 381 g/mol. The normalized spacial score (nSPS) is 25.5. The summed E-state index contributed by atoms with van der Waals surface area (Å²) in [5, 5.41) is 0.737. The number of nitrogens with zero attached hydrogens (tertiary/aromatic N) is 2. The number of likely N-dealkylation sites (tertiary alicyclic amines) is 2. The van der Waals surface area contributed by atoms with Crippen LogP contribution in [-0.4, -0.2) is 64.5 Å². The molecule has 1 aromatic carbocycles. The summed E-state index contributed by atoms with van der Waals surface area (Å²) in [5.74, 6) is -0.0217. The molecule has 3 saturated heterocycles. The smallest absolute Gasteiger partial charge is 0.255 e. The first-order valence-electron chi connectivity index (χ1n) is 9.95. The number of carbonyl (C=O) groups excluding carboxylic acids is 2. The number of aromatic amines is 1. The van der Waals surface area contributed by atoms with Crippen molar-refractivity contribution < 1.29 is 14.3 Å². The number of pyridine rings is 1. The van der Waals surface area contributed by atoms with Crippen molar-refractivity contribution in [2.45, 2.75) is 43.8 Å². The molecule has 0 saturated carbocycles. The molecule has 0 radical (unpaired) electrons. The summed E-state index contributed by atoms with van der Waals surface area (Å²) >= 11 is 0. The van der Waals surface area contributed by atoms with Crippen LogP contribution in [-0.2, 0) is 9.53 Å². The summed E-state index contributed by atoms with van der Waals surface area (Å²) in [7, 11) is 0. The van der Waals surface area contributed by atoms with Crippen molar-refractivity contribution in [3.05, 3.63) is 46.2 Å². The second-order valence-corrected chi connectivity index (χ2v) is 7.86. The van der Waals surface area contributed by atoms with E-state index in [0.717, 1.165) is 24.6 Å². The van der Waals surface area contributed by atoms with Crippen molar-refractivity contribution in [3.8, 4) is 0 Å². The predicted molar refractivity (Wildman–Crippen MR) is 103 cm³/mol. The van der Waals surface area contributed by atoms with Gasteiger partial charge in [0.1, 0.15) is 0 Å². The number of hydrogen-bond donors (Lipinski definition) is 1. The molecule has 5 rings (SSSR count). The molecule has 146 valence electrons. The zero-order chi connectivity index (χ0) is 19.3. The van der Waals surface area contributed by atoms with Gasteiger partial charge < -0.3 is 19.5 Å². The summed E-state index contributed by atoms with van der Waals surface area (Å²) in [4.78, 5) is 44.8. The van der Waals surface area contributed by atoms with Crippen LogP contribution in [0.4, 0.5) is 0 Å². The molecule has 2 atom stereocenters. The van der Waals surface area contributed by atoms with Gasteiger partial charge in [-0.25, -0.2) is 0 Å². The number of ether oxygens (including phenoxy) is 1. The molecular weight excluding hydrogens is 358 g/mol. The molecular formula is C21H23N3O4. The van der Waals surface area contributed by atoms with Gasteiger partial charge in [-0.3, -0.25) is 14.4 Å². The Kier molecular flexibility index (Phi) is 4.19. The van der Waals surface area contributed by atoms with Gasteiger partial charge >= 0.3 is 0 Å². The zero-order valence-corrected chi connectivity index (χ0v) is 15.6. The molecule has 7 nitrogen and oxygen atoms in total. The highest BCUT2D eigenvalue weighted by Gasteiger charge is 2.50. The average molecular weight is 381 g/mol. The fourth-order valence-electron chi connectivity index (χ4n) is 5.10. The lowest BCUT2D eigenvalue weighted by molar-refractivity contribution is -0.133. The van der Waals surface area contributed by atoms with Crippen LogP contribution >= 0.6 is 0 Å². The van der Waals surface area contributed by atoms with Gasteiger partial charge in [0.25, 0.3) is 5.91 Å². The maximum atomic E-state index is 13.4. The highest BCUT2D eigenvalue weighted by molar-refractivity contribution is 6.06. The Bertz CT molecular complexity index is 995. The van der Waals surface area contributed by atoms with E-state index in [0.29, 0.717) is 37.3 Å². The number of carbonyl (C=O) groups is 2. The molecule has 7 heteroatoms. The van der Waals surface area contributed by atoms with E-state index in [1.54, 1.807) is 6.07 Å². The molecule has 0 aliphatic carbocycles. The number of H-pyrrole nitrogens is 1. The maximum Gasteiger partial charge on any atom is 0.255 e. The minimum Gasteiger partial charge on any atom is -0.381 e. The topological polar surface area (TPSA) is 82.7 Å². The standard InChI is InChI=1S/C21H23N3O4/c25-19-11-15(14-3-1-2-4-16(14)22-19)21(27)23-8-5-17-18(23)12-20(26)24(17)13-6-9-28-10-7-13/h1-4,11,13,17-18H,5-10,12H2,(H,22,25)/t17-,18-/m0/s1. The van der Waals surface area contributed by atoms with Gasteiger partial charge in [-0.15, -0.1) is 0 Å². The molecule has 0 bridgehead atoms. The maximum absolute atomic E-state index is 13.4. The second-order valence-electron chi connectivity index (χ2n) is 7.86. The Labute approximate surface area is 162 Å². The van der Waals surface area contributed by atoms with Crippen LogP contribution in [0.1, 0.15) is 36.0 Å². The van der Waals surface area contributed by atoms with Gasteiger partial charge in [0.05, 0.1) is 17.6 Å². The van der Waals surface area contributed by atoms with Crippen LogP contribution in [0.25, 0.3) is 10.9 Å². The fraction of sp³-hybridized carbons (Fsp3) is 0.476. The molecule has 1 aromatic heterocycles. The van der Waals surface area contributed by atoms with E-state index in [1.807, 2.05) is 28.0 Å². The molecule has 2 aromatic rings. The lowest BCUT2D eigenvalue weighted by Crippen LogP contribution is -2.46. The summed E-state index contributed by atoms with van der Waals surface area (Å²) in [6.07, 6.45) is 2.89. The van der Waals surface area contributed by atoms with E-state index in [9.17, 15) is 14.4 Å². The number of fused-ring (bicyclic) bond motifs is 2. The van der Waals surface area contributed by atoms with Crippen molar-refractivity contribution in [1.29, 1.82) is 0 Å². The molecule has 3 aliphatic rings. The van der Waals surface area contributed by atoms with E-state index in [-0.39, 0.29) is 35.5 Å². The summed E-state index contributed by atoms with van der Waals surface area (Å²) in [5.41, 5.74) is 0.779. The van der Waals surface area contributed by atoms with Crippen LogP contribution in [0.5, 0.6) is 0 Å². The summed E-state index contributed by atoms with van der Waals surface area (Å²) < 4.78 is 5.44. The minimum atomic E-state index is -0.288. The van der Waals surface area contributed by atoms with E-state index >= 15 is 0 Å². The second kappa shape index (κ2) is 6.74. The first-order valence-corrected chi connectivity index (χ1v) is 9.95. The average Bonchev–Trinajstić information content (AvgIpc) is 3.25. The number of amides is 2. The third-order valence-electron chi connectivity index (χ3n) is 6.37. The molecule has 28 heavy (non-hydrogen) atoms. The van der Waals surface area contributed by atoms with E-state index in [1.165, 1.54) is 6.07 Å². The summed E-state index contributed by atoms with van der Waals surface area (Å²) in [6, 6.07) is 8.90. The zero-order valence-electron chi connectivity index (χ0n) is 15.6. The van der Waals surface area contributed by atoms with Crippen LogP contribution in [0, 0.1) is 0 Å². The Morgan fingerprint density at radius 3 is 2.68 bits per heavy atom. The molecule has 0 unspecified atom stereocenters. The largest absolute Gasteiger partial charge is 0.381 e. The Morgan fingerprint density at radius 1 is 1.07 bits per heavy atom. The van der Waals surface area contributed by atoms with Gasteiger partial charge in [-0.1, -0.05) is 18.2 Å². The predicted octanol–water partition coefficient (Wildman–Crippen LogP) is 1.52. The first kappa shape index (κ1) is 17.4. The Morgan fingerprint density at radius 2 is 1.86 bits per heavy atom. The Hall–Kier alpha value is -2.67. The highest BCUT2D eigenvalue weighted by Crippen LogP contribution is 2.37. The van der Waals surface area contributed by atoms with Gasteiger partial charge in [0, 0.05) is 49.2 Å². The minimum absolute atomic E-state index is 0.0767. The number of aromatic nitrogens is 1. The number of nitrogens with one attached hydrogen (secondary N) is 1. The van der Waals surface area contributed by atoms with Crippen LogP contribution in [0.2, 0.25) is 0 Å². The quantitative estimate of drug-likeness (QED) is 0.855. The van der Waals surface area contributed by atoms with Gasteiger partial charge in [-0.2, -0.15) is 0 Å². The SMILES string of the molecule is O=C(c1cc(=O)[nH]c2ccccc12)N1CC[C@H]2[C@@H]1CC(=O)N2C1CCOCC1. The van der Waals surface area contributed by atoms with Gasteiger partial charge in [0.15, 0.2) is 0 Å². The number of para-hydroxylation sites is 1. The first-order chi connectivity index (χ1) is 13.6. The van der Waals surface area contributed by atoms with E-state index in [2.05, 4.69) is 4.98 Å². The van der Waals surface area contributed by atoms with Crippen molar-refractivity contribution in [3.63, 3.8) is 0 Å². The van der Waals surface area contributed by atoms with Crippen molar-refractivity contribution in [2.75, 3.05) is 19.8 Å². The van der Waals surface area contributed by atoms with Crippen molar-refractivity contribution >= 4 is 22.7 Å². The van der Waals surface area contributed by atoms with E-state index < -0.39 is 0 Å². The van der Waals surface area contributed by atoms with Crippen LogP contribution in [0.15, 0.2) is 35.1 Å². The molecule has 0 spiro atoms. The van der Waals surface area contributed by atoms with Crippen molar-refractivity contribution in [1.82, 2.24) is 14.8 Å². The fourth-order valence-corrected chi connectivity index (χ4v) is 5.10. The lowest BCUT2D eigenvalue weighted by atomic mass is 10.0. The Balaban J connectivity index is 1.45. The third-order valence-corrected chi connectivity index (χ3v) is 6.37. The van der Waals surface area contributed by atoms with Crippen LogP contribution in [0.3, 0.4) is 0 Å².